The summed E-state index contributed by atoms with van der Waals surface area (Å²) in [6, 6.07) is 56.8. The Kier molecular flexibility index (Phi) is 6.79. The highest BCUT2D eigenvalue weighted by Gasteiger charge is 2.36. The zero-order chi connectivity index (χ0) is 36.7. The van der Waals surface area contributed by atoms with E-state index in [4.69, 9.17) is 24.4 Å². The summed E-state index contributed by atoms with van der Waals surface area (Å²) in [6.07, 6.45) is 0. The van der Waals surface area contributed by atoms with Gasteiger partial charge < -0.3 is 8.98 Å². The molecule has 0 bridgehead atoms. The third kappa shape index (κ3) is 4.95. The van der Waals surface area contributed by atoms with Gasteiger partial charge in [0.05, 0.1) is 11.0 Å². The Balaban J connectivity index is 0.976. The minimum atomic E-state index is -0.0873. The minimum Gasteiger partial charge on any atom is -0.436 e. The molecule has 1 aliphatic rings. The smallest absolute Gasteiger partial charge is 0.227 e. The Morgan fingerprint density at radius 3 is 1.80 bits per heavy atom. The van der Waals surface area contributed by atoms with Crippen molar-refractivity contribution in [1.29, 1.82) is 0 Å². The maximum absolute atomic E-state index is 6.43. The number of oxazole rings is 1. The van der Waals surface area contributed by atoms with Crippen molar-refractivity contribution >= 4 is 32.9 Å². The van der Waals surface area contributed by atoms with Crippen molar-refractivity contribution in [2.45, 2.75) is 19.3 Å². The number of para-hydroxylation sites is 1. The average Bonchev–Trinajstić information content (AvgIpc) is 3.89. The van der Waals surface area contributed by atoms with Crippen molar-refractivity contribution in [2.24, 2.45) is 0 Å². The molecule has 0 aliphatic heterocycles. The zero-order valence-corrected chi connectivity index (χ0v) is 30.2. The SMILES string of the molecule is CC1(C)c2ccccc2-c2cc3c4ccccc4n(-c4ccc(-c5nc6ccc(-c7nc(-c8ccccc8)nc(-c8ccccc8)n7)cc6o5)cc4)c3cc21. The van der Waals surface area contributed by atoms with Crippen molar-refractivity contribution in [3.63, 3.8) is 0 Å². The second kappa shape index (κ2) is 11.9. The second-order valence-electron chi connectivity index (χ2n) is 14.7. The molecule has 55 heavy (non-hydrogen) atoms. The van der Waals surface area contributed by atoms with Crippen molar-refractivity contribution in [3.8, 4) is 62.4 Å². The van der Waals surface area contributed by atoms with E-state index in [0.29, 0.717) is 28.9 Å². The van der Waals surface area contributed by atoms with Gasteiger partial charge in [0.1, 0.15) is 5.52 Å². The van der Waals surface area contributed by atoms with Gasteiger partial charge in [-0.25, -0.2) is 19.9 Å². The van der Waals surface area contributed by atoms with Crippen molar-refractivity contribution < 1.29 is 4.42 Å². The van der Waals surface area contributed by atoms with E-state index in [-0.39, 0.29) is 5.41 Å². The van der Waals surface area contributed by atoms with Crippen LogP contribution >= 0.6 is 0 Å². The van der Waals surface area contributed by atoms with Crippen LogP contribution in [0.3, 0.4) is 0 Å². The van der Waals surface area contributed by atoms with E-state index in [1.807, 2.05) is 78.9 Å². The van der Waals surface area contributed by atoms with E-state index in [1.54, 1.807) is 0 Å². The largest absolute Gasteiger partial charge is 0.436 e. The highest BCUT2D eigenvalue weighted by Crippen LogP contribution is 2.51. The fraction of sp³-hybridized carbons (Fsp3) is 0.0612. The fourth-order valence-corrected chi connectivity index (χ4v) is 8.32. The van der Waals surface area contributed by atoms with Gasteiger partial charge in [0.25, 0.3) is 0 Å². The maximum Gasteiger partial charge on any atom is 0.227 e. The molecule has 0 unspecified atom stereocenters. The summed E-state index contributed by atoms with van der Waals surface area (Å²) >= 11 is 0. The third-order valence-electron chi connectivity index (χ3n) is 11.1. The first-order valence-electron chi connectivity index (χ1n) is 18.6. The predicted octanol–water partition coefficient (Wildman–Crippen LogP) is 12.1. The molecule has 11 rings (SSSR count). The van der Waals surface area contributed by atoms with Crippen LogP contribution in [0.2, 0.25) is 0 Å². The number of aromatic nitrogens is 5. The monoisotopic (exact) mass is 707 g/mol. The lowest BCUT2D eigenvalue weighted by molar-refractivity contribution is 0.620. The number of hydrogen-bond donors (Lipinski definition) is 0. The lowest BCUT2D eigenvalue weighted by Crippen LogP contribution is -2.14. The number of hydrogen-bond acceptors (Lipinski definition) is 5. The predicted molar refractivity (Wildman–Crippen MR) is 221 cm³/mol. The summed E-state index contributed by atoms with van der Waals surface area (Å²) < 4.78 is 8.82. The third-order valence-corrected chi connectivity index (χ3v) is 11.1. The zero-order valence-electron chi connectivity index (χ0n) is 30.2. The van der Waals surface area contributed by atoms with Gasteiger partial charge in [0, 0.05) is 44.1 Å². The first kappa shape index (κ1) is 31.4. The average molecular weight is 708 g/mol. The van der Waals surface area contributed by atoms with E-state index in [2.05, 4.69) is 103 Å². The molecule has 260 valence electrons. The van der Waals surface area contributed by atoms with Crippen LogP contribution in [0.15, 0.2) is 168 Å². The molecule has 3 aromatic heterocycles. The van der Waals surface area contributed by atoms with Crippen molar-refractivity contribution in [2.75, 3.05) is 0 Å². The van der Waals surface area contributed by atoms with Gasteiger partial charge in [-0.15, -0.1) is 0 Å². The van der Waals surface area contributed by atoms with Gasteiger partial charge >= 0.3 is 0 Å². The van der Waals surface area contributed by atoms with Crippen LogP contribution in [-0.2, 0) is 5.41 Å². The quantitative estimate of drug-likeness (QED) is 0.178. The highest BCUT2D eigenvalue weighted by atomic mass is 16.3. The summed E-state index contributed by atoms with van der Waals surface area (Å²) in [5.74, 6) is 2.36. The standard InChI is InChI=1S/C49H33N5O/c1-49(2)39-19-11-9-17-35(39)37-28-38-36-18-10-12-20-42(36)54(43(38)29-40(37)49)34-24-21-32(22-25-34)48-50-41-26-23-33(27-44(41)55-48)47-52-45(30-13-5-3-6-14-30)51-46(53-47)31-15-7-4-8-16-31/h3-29H,1-2H3. The fourth-order valence-electron chi connectivity index (χ4n) is 8.32. The molecule has 0 fully saturated rings. The van der Waals surface area contributed by atoms with E-state index < -0.39 is 0 Å². The maximum atomic E-state index is 6.43. The van der Waals surface area contributed by atoms with Gasteiger partial charge in [-0.2, -0.15) is 0 Å². The molecule has 7 aromatic carbocycles. The molecule has 6 heteroatoms. The van der Waals surface area contributed by atoms with Crippen LogP contribution in [0.5, 0.6) is 0 Å². The molecular formula is C49H33N5O. The van der Waals surface area contributed by atoms with E-state index >= 15 is 0 Å². The Hall–Kier alpha value is -7.18. The molecule has 0 saturated heterocycles. The summed E-state index contributed by atoms with van der Waals surface area (Å²) in [6.45, 7) is 4.67. The lowest BCUT2D eigenvalue weighted by atomic mass is 9.82. The van der Waals surface area contributed by atoms with Gasteiger partial charge in [-0.3, -0.25) is 0 Å². The number of fused-ring (bicyclic) bond motifs is 7. The van der Waals surface area contributed by atoms with E-state index in [1.165, 1.54) is 44.1 Å². The Morgan fingerprint density at radius 1 is 0.455 bits per heavy atom. The van der Waals surface area contributed by atoms with Crippen LogP contribution in [0.1, 0.15) is 25.0 Å². The molecule has 0 saturated carbocycles. The molecule has 0 amide bonds. The van der Waals surface area contributed by atoms with Crippen LogP contribution in [-0.4, -0.2) is 24.5 Å². The van der Waals surface area contributed by atoms with Gasteiger partial charge in [-0.1, -0.05) is 117 Å². The summed E-state index contributed by atoms with van der Waals surface area (Å²) in [5.41, 5.74) is 13.8. The molecule has 0 spiro atoms. The minimum absolute atomic E-state index is 0.0873. The molecule has 1 aliphatic carbocycles. The summed E-state index contributed by atoms with van der Waals surface area (Å²) in [4.78, 5) is 19.5. The molecular weight excluding hydrogens is 675 g/mol. The van der Waals surface area contributed by atoms with Crippen LogP contribution in [0.4, 0.5) is 0 Å². The molecule has 0 atom stereocenters. The van der Waals surface area contributed by atoms with E-state index in [0.717, 1.165) is 33.5 Å². The molecule has 3 heterocycles. The Morgan fingerprint density at radius 2 is 1.07 bits per heavy atom. The number of nitrogens with zero attached hydrogens (tertiary/aromatic N) is 5. The number of benzene rings is 7. The first-order chi connectivity index (χ1) is 27.0. The normalized spacial score (nSPS) is 13.1. The molecule has 0 radical (unpaired) electrons. The van der Waals surface area contributed by atoms with Crippen LogP contribution in [0, 0.1) is 0 Å². The van der Waals surface area contributed by atoms with Gasteiger partial charge in [0.2, 0.25) is 5.89 Å². The van der Waals surface area contributed by atoms with Crippen molar-refractivity contribution in [3.05, 3.63) is 175 Å². The number of rotatable bonds is 5. The summed E-state index contributed by atoms with van der Waals surface area (Å²) in [5, 5.41) is 2.50. The summed E-state index contributed by atoms with van der Waals surface area (Å²) in [7, 11) is 0. The molecule has 6 nitrogen and oxygen atoms in total. The van der Waals surface area contributed by atoms with Crippen LogP contribution in [0.25, 0.3) is 95.3 Å². The Labute approximate surface area is 317 Å². The van der Waals surface area contributed by atoms with Crippen molar-refractivity contribution in [1.82, 2.24) is 24.5 Å². The van der Waals surface area contributed by atoms with Gasteiger partial charge in [-0.05, 0) is 82.9 Å². The topological polar surface area (TPSA) is 69.6 Å². The van der Waals surface area contributed by atoms with Crippen LogP contribution < -0.4 is 0 Å². The Bertz CT molecular complexity index is 3050. The van der Waals surface area contributed by atoms with Gasteiger partial charge in [0.15, 0.2) is 23.1 Å². The lowest BCUT2D eigenvalue weighted by Gasteiger charge is -2.21. The second-order valence-corrected chi connectivity index (χ2v) is 14.7. The highest BCUT2D eigenvalue weighted by molar-refractivity contribution is 6.11. The molecule has 0 N–H and O–H groups in total. The first-order valence-corrected chi connectivity index (χ1v) is 18.6. The van der Waals surface area contributed by atoms with E-state index in [9.17, 15) is 0 Å². The molecule has 10 aromatic rings.